The largest absolute Gasteiger partial charge is 0.458 e. The highest BCUT2D eigenvalue weighted by Crippen LogP contribution is 2.17. The molecule has 2 aromatic rings. The minimum atomic E-state index is -3.48. The molecular formula is C20H22BrNO4S. The summed E-state index contributed by atoms with van der Waals surface area (Å²) in [6, 6.07) is 13.9. The normalized spacial score (nSPS) is 11.9. The van der Waals surface area contributed by atoms with Crippen molar-refractivity contribution in [2.45, 2.75) is 25.3 Å². The SMILES string of the molecule is CCN(CC)S(=O)(=O)c1ccc(/C=C/C(=O)OCc2ccc(Br)cc2)cc1. The number of rotatable bonds is 8. The summed E-state index contributed by atoms with van der Waals surface area (Å²) in [6.07, 6.45) is 2.92. The van der Waals surface area contributed by atoms with Gasteiger partial charge in [0.15, 0.2) is 0 Å². The van der Waals surface area contributed by atoms with E-state index in [-0.39, 0.29) is 11.5 Å². The number of ether oxygens (including phenoxy) is 1. The standard InChI is InChI=1S/C20H22BrNO4S/c1-3-22(4-2)27(24,25)19-12-7-16(8-13-19)9-14-20(23)26-15-17-5-10-18(21)11-6-17/h5-14H,3-4,15H2,1-2H3/b14-9+. The second-order valence-electron chi connectivity index (χ2n) is 5.73. The summed E-state index contributed by atoms with van der Waals surface area (Å²) in [5, 5.41) is 0. The summed E-state index contributed by atoms with van der Waals surface area (Å²) in [5.41, 5.74) is 1.61. The van der Waals surface area contributed by atoms with Gasteiger partial charge in [0.25, 0.3) is 0 Å². The predicted molar refractivity (Wildman–Crippen MR) is 110 cm³/mol. The molecule has 0 N–H and O–H groups in total. The van der Waals surface area contributed by atoms with Crippen LogP contribution >= 0.6 is 15.9 Å². The van der Waals surface area contributed by atoms with Crippen LogP contribution in [0.3, 0.4) is 0 Å². The molecule has 0 saturated carbocycles. The van der Waals surface area contributed by atoms with Gasteiger partial charge in [-0.25, -0.2) is 13.2 Å². The van der Waals surface area contributed by atoms with Crippen LogP contribution < -0.4 is 0 Å². The fourth-order valence-electron chi connectivity index (χ4n) is 2.41. The minimum absolute atomic E-state index is 0.192. The van der Waals surface area contributed by atoms with Crippen molar-refractivity contribution >= 4 is 38.0 Å². The lowest BCUT2D eigenvalue weighted by Crippen LogP contribution is -2.30. The fourth-order valence-corrected chi connectivity index (χ4v) is 4.13. The zero-order valence-corrected chi connectivity index (χ0v) is 17.7. The van der Waals surface area contributed by atoms with E-state index in [1.165, 1.54) is 10.4 Å². The maximum atomic E-state index is 12.4. The van der Waals surface area contributed by atoms with Gasteiger partial charge in [0, 0.05) is 23.6 Å². The Morgan fingerprint density at radius 1 is 1.04 bits per heavy atom. The van der Waals surface area contributed by atoms with E-state index in [0.717, 1.165) is 10.0 Å². The van der Waals surface area contributed by atoms with E-state index in [1.807, 2.05) is 24.3 Å². The number of nitrogens with zero attached hydrogens (tertiary/aromatic N) is 1. The number of halogens is 1. The van der Waals surface area contributed by atoms with Gasteiger partial charge in [-0.05, 0) is 41.5 Å². The third kappa shape index (κ3) is 6.02. The van der Waals surface area contributed by atoms with Crippen molar-refractivity contribution in [1.82, 2.24) is 4.31 Å². The van der Waals surface area contributed by atoms with Crippen LogP contribution in [0.5, 0.6) is 0 Å². The van der Waals surface area contributed by atoms with Crippen molar-refractivity contribution in [2.24, 2.45) is 0 Å². The van der Waals surface area contributed by atoms with E-state index in [0.29, 0.717) is 18.7 Å². The first-order valence-corrected chi connectivity index (χ1v) is 10.8. The van der Waals surface area contributed by atoms with E-state index in [4.69, 9.17) is 4.74 Å². The summed E-state index contributed by atoms with van der Waals surface area (Å²) in [7, 11) is -3.48. The van der Waals surface area contributed by atoms with Crippen LogP contribution in [0.2, 0.25) is 0 Å². The lowest BCUT2D eigenvalue weighted by Gasteiger charge is -2.18. The second kappa shape index (κ2) is 9.82. The Hall–Kier alpha value is -1.96. The van der Waals surface area contributed by atoms with E-state index < -0.39 is 16.0 Å². The summed E-state index contributed by atoms with van der Waals surface area (Å²) in [4.78, 5) is 12.1. The van der Waals surface area contributed by atoms with Crippen molar-refractivity contribution in [3.05, 3.63) is 70.2 Å². The Morgan fingerprint density at radius 2 is 1.63 bits per heavy atom. The Labute approximate surface area is 168 Å². The fraction of sp³-hybridized carbons (Fsp3) is 0.250. The number of hydrogen-bond acceptors (Lipinski definition) is 4. The first-order chi connectivity index (χ1) is 12.9. The van der Waals surface area contributed by atoms with E-state index in [2.05, 4.69) is 15.9 Å². The maximum Gasteiger partial charge on any atom is 0.331 e. The van der Waals surface area contributed by atoms with Gasteiger partial charge >= 0.3 is 5.97 Å². The molecular weight excluding hydrogens is 430 g/mol. The third-order valence-electron chi connectivity index (χ3n) is 3.93. The van der Waals surface area contributed by atoms with Crippen LogP contribution in [0, 0.1) is 0 Å². The maximum absolute atomic E-state index is 12.4. The Morgan fingerprint density at radius 3 is 2.19 bits per heavy atom. The van der Waals surface area contributed by atoms with Gasteiger partial charge in [0.05, 0.1) is 4.90 Å². The van der Waals surface area contributed by atoms with Crippen LogP contribution in [-0.2, 0) is 26.2 Å². The number of esters is 1. The first kappa shape index (κ1) is 21.3. The van der Waals surface area contributed by atoms with E-state index in [1.54, 1.807) is 44.2 Å². The van der Waals surface area contributed by atoms with Gasteiger partial charge in [-0.2, -0.15) is 4.31 Å². The predicted octanol–water partition coefficient (Wildman–Crippen LogP) is 4.24. The number of sulfonamides is 1. The van der Waals surface area contributed by atoms with Gasteiger partial charge < -0.3 is 4.74 Å². The Balaban J connectivity index is 1.97. The zero-order valence-electron chi connectivity index (χ0n) is 15.3. The molecule has 7 heteroatoms. The molecule has 0 atom stereocenters. The monoisotopic (exact) mass is 451 g/mol. The zero-order chi connectivity index (χ0) is 19.9. The molecule has 2 aromatic carbocycles. The molecule has 0 saturated heterocycles. The van der Waals surface area contributed by atoms with Gasteiger partial charge in [0.2, 0.25) is 10.0 Å². The molecule has 0 spiro atoms. The average molecular weight is 452 g/mol. The molecule has 0 aliphatic carbocycles. The van der Waals surface area contributed by atoms with Gasteiger partial charge in [-0.15, -0.1) is 0 Å². The van der Waals surface area contributed by atoms with Crippen LogP contribution in [0.4, 0.5) is 0 Å². The molecule has 0 aromatic heterocycles. The lowest BCUT2D eigenvalue weighted by atomic mass is 10.2. The van der Waals surface area contributed by atoms with E-state index >= 15 is 0 Å². The van der Waals surface area contributed by atoms with Crippen molar-refractivity contribution < 1.29 is 17.9 Å². The molecule has 0 aliphatic rings. The molecule has 27 heavy (non-hydrogen) atoms. The van der Waals surface area contributed by atoms with Crippen LogP contribution in [0.1, 0.15) is 25.0 Å². The van der Waals surface area contributed by atoms with Gasteiger partial charge in [-0.3, -0.25) is 0 Å². The van der Waals surface area contributed by atoms with Crippen LogP contribution in [-0.4, -0.2) is 31.8 Å². The molecule has 0 bridgehead atoms. The van der Waals surface area contributed by atoms with Gasteiger partial charge in [0.1, 0.15) is 6.61 Å². The smallest absolute Gasteiger partial charge is 0.331 e. The second-order valence-corrected chi connectivity index (χ2v) is 8.58. The van der Waals surface area contributed by atoms with Gasteiger partial charge in [-0.1, -0.05) is 54.0 Å². The minimum Gasteiger partial charge on any atom is -0.458 e. The van der Waals surface area contributed by atoms with Crippen molar-refractivity contribution in [3.8, 4) is 0 Å². The third-order valence-corrected chi connectivity index (χ3v) is 6.52. The molecule has 0 unspecified atom stereocenters. The van der Waals surface area contributed by atoms with Crippen LogP contribution in [0.15, 0.2) is 64.0 Å². The molecule has 0 aliphatic heterocycles. The summed E-state index contributed by atoms with van der Waals surface area (Å²) in [6.45, 7) is 4.64. The Kier molecular flexibility index (Phi) is 7.77. The van der Waals surface area contributed by atoms with Crippen molar-refractivity contribution in [2.75, 3.05) is 13.1 Å². The quantitative estimate of drug-likeness (QED) is 0.444. The molecule has 0 radical (unpaired) electrons. The van der Waals surface area contributed by atoms with Crippen LogP contribution in [0.25, 0.3) is 6.08 Å². The molecule has 144 valence electrons. The Bertz CT molecular complexity index is 887. The molecule has 2 rings (SSSR count). The number of carbonyl (C=O) groups is 1. The topological polar surface area (TPSA) is 63.7 Å². The summed E-state index contributed by atoms with van der Waals surface area (Å²) < 4.78 is 32.4. The number of benzene rings is 2. The van der Waals surface area contributed by atoms with Crippen molar-refractivity contribution in [1.29, 1.82) is 0 Å². The summed E-state index contributed by atoms with van der Waals surface area (Å²) >= 11 is 3.35. The highest BCUT2D eigenvalue weighted by molar-refractivity contribution is 9.10. The van der Waals surface area contributed by atoms with Crippen molar-refractivity contribution in [3.63, 3.8) is 0 Å². The molecule has 0 amide bonds. The average Bonchev–Trinajstić information content (AvgIpc) is 2.67. The highest BCUT2D eigenvalue weighted by Gasteiger charge is 2.20. The number of carbonyl (C=O) groups excluding carboxylic acids is 1. The molecule has 5 nitrogen and oxygen atoms in total. The van der Waals surface area contributed by atoms with E-state index in [9.17, 15) is 13.2 Å². The summed E-state index contributed by atoms with van der Waals surface area (Å²) in [5.74, 6) is -0.460. The first-order valence-electron chi connectivity index (χ1n) is 8.56. The molecule has 0 heterocycles. The number of hydrogen-bond donors (Lipinski definition) is 0. The molecule has 0 fully saturated rings. The lowest BCUT2D eigenvalue weighted by molar-refractivity contribution is -0.138. The highest BCUT2D eigenvalue weighted by atomic mass is 79.9.